The van der Waals surface area contributed by atoms with Gasteiger partial charge in [-0.3, -0.25) is 4.68 Å². The van der Waals surface area contributed by atoms with Gasteiger partial charge in [0.2, 0.25) is 0 Å². The minimum Gasteiger partial charge on any atom is -0.353 e. The van der Waals surface area contributed by atoms with Gasteiger partial charge in [-0.1, -0.05) is 18.5 Å². The second-order valence-electron chi connectivity index (χ2n) is 3.51. The average Bonchev–Trinajstić information content (AvgIpc) is 2.59. The fourth-order valence-electron chi connectivity index (χ4n) is 1.54. The van der Waals surface area contributed by atoms with E-state index in [1.807, 2.05) is 19.3 Å². The Morgan fingerprint density at radius 3 is 3.00 bits per heavy atom. The van der Waals surface area contributed by atoms with Crippen LogP contribution in [0.5, 0.6) is 0 Å². The highest BCUT2D eigenvalue weighted by Gasteiger charge is 2.05. The zero-order chi connectivity index (χ0) is 11.5. The Hall–Kier alpha value is -1.55. The molecule has 16 heavy (non-hydrogen) atoms. The van der Waals surface area contributed by atoms with Crippen LogP contribution in [0.3, 0.4) is 0 Å². The fourth-order valence-corrected chi connectivity index (χ4v) is 1.71. The van der Waals surface area contributed by atoms with Crippen molar-refractivity contribution in [3.05, 3.63) is 35.4 Å². The van der Waals surface area contributed by atoms with Gasteiger partial charge in [-0.15, -0.1) is 0 Å². The normalized spacial score (nSPS) is 10.4. The van der Waals surface area contributed by atoms with E-state index in [1.54, 1.807) is 16.9 Å². The molecule has 0 spiro atoms. The van der Waals surface area contributed by atoms with Crippen molar-refractivity contribution in [2.24, 2.45) is 7.05 Å². The summed E-state index contributed by atoms with van der Waals surface area (Å²) in [6, 6.07) is 3.66. The summed E-state index contributed by atoms with van der Waals surface area (Å²) >= 11 is 5.82. The topological polar surface area (TPSA) is 42.7 Å². The molecule has 0 aliphatic rings. The van der Waals surface area contributed by atoms with Crippen molar-refractivity contribution in [3.63, 3.8) is 0 Å². The number of nitrogens with zero attached hydrogens (tertiary/aromatic N) is 3. The van der Waals surface area contributed by atoms with E-state index in [2.05, 4.69) is 22.3 Å². The molecular formula is C11H13ClN4. The molecule has 0 radical (unpaired) electrons. The maximum Gasteiger partial charge on any atom is 0.131 e. The maximum atomic E-state index is 5.82. The molecule has 0 aliphatic carbocycles. The van der Waals surface area contributed by atoms with E-state index in [0.29, 0.717) is 5.15 Å². The summed E-state index contributed by atoms with van der Waals surface area (Å²) in [5.41, 5.74) is 2.96. The molecule has 0 aromatic carbocycles. The highest BCUT2D eigenvalue weighted by atomic mass is 35.5. The van der Waals surface area contributed by atoms with Crippen molar-refractivity contribution in [2.45, 2.75) is 13.3 Å². The standard InChI is InChI=1S/C11H13ClN4/c1-3-9-10(7-16(2)15-9)14-8-4-5-13-11(12)6-8/h4-7H,3H2,1-2H3,(H,13,14). The molecule has 2 rings (SSSR count). The number of hydrogen-bond donors (Lipinski definition) is 1. The Labute approximate surface area is 99.3 Å². The molecule has 0 fully saturated rings. The number of anilines is 2. The number of pyridine rings is 1. The smallest absolute Gasteiger partial charge is 0.131 e. The zero-order valence-corrected chi connectivity index (χ0v) is 9.99. The van der Waals surface area contributed by atoms with Crippen molar-refractivity contribution in [1.29, 1.82) is 0 Å². The van der Waals surface area contributed by atoms with E-state index in [4.69, 9.17) is 11.6 Å². The third-order valence-electron chi connectivity index (χ3n) is 2.25. The minimum atomic E-state index is 0.479. The SMILES string of the molecule is CCc1nn(C)cc1Nc1ccnc(Cl)c1. The fraction of sp³-hybridized carbons (Fsp3) is 0.273. The van der Waals surface area contributed by atoms with Crippen LogP contribution in [-0.2, 0) is 13.5 Å². The maximum absolute atomic E-state index is 5.82. The number of hydrogen-bond acceptors (Lipinski definition) is 3. The van der Waals surface area contributed by atoms with E-state index in [0.717, 1.165) is 23.5 Å². The van der Waals surface area contributed by atoms with Crippen molar-refractivity contribution < 1.29 is 0 Å². The number of aryl methyl sites for hydroxylation is 2. The Balaban J connectivity index is 2.26. The van der Waals surface area contributed by atoms with Crippen LogP contribution >= 0.6 is 11.6 Å². The van der Waals surface area contributed by atoms with E-state index >= 15 is 0 Å². The van der Waals surface area contributed by atoms with Crippen LogP contribution in [0.2, 0.25) is 5.15 Å². The molecular weight excluding hydrogens is 224 g/mol. The lowest BCUT2D eigenvalue weighted by atomic mass is 10.3. The van der Waals surface area contributed by atoms with E-state index in [-0.39, 0.29) is 0 Å². The Morgan fingerprint density at radius 2 is 2.31 bits per heavy atom. The van der Waals surface area contributed by atoms with E-state index in [1.165, 1.54) is 0 Å². The number of halogens is 1. The third kappa shape index (κ3) is 2.33. The highest BCUT2D eigenvalue weighted by molar-refractivity contribution is 6.29. The van der Waals surface area contributed by atoms with Gasteiger partial charge in [-0.25, -0.2) is 4.98 Å². The molecule has 4 nitrogen and oxygen atoms in total. The van der Waals surface area contributed by atoms with Crippen LogP contribution in [0.25, 0.3) is 0 Å². The Kier molecular flexibility index (Phi) is 3.10. The summed E-state index contributed by atoms with van der Waals surface area (Å²) in [5.74, 6) is 0. The molecule has 5 heteroatoms. The first-order valence-electron chi connectivity index (χ1n) is 5.10. The molecule has 84 valence electrons. The molecule has 0 saturated carbocycles. The van der Waals surface area contributed by atoms with Gasteiger partial charge in [0.05, 0.1) is 11.4 Å². The minimum absolute atomic E-state index is 0.479. The second-order valence-corrected chi connectivity index (χ2v) is 3.90. The summed E-state index contributed by atoms with van der Waals surface area (Å²) in [7, 11) is 1.91. The van der Waals surface area contributed by atoms with Gasteiger partial charge < -0.3 is 5.32 Å². The average molecular weight is 237 g/mol. The Bertz CT molecular complexity index is 492. The van der Waals surface area contributed by atoms with Crippen molar-refractivity contribution in [3.8, 4) is 0 Å². The number of rotatable bonds is 3. The van der Waals surface area contributed by atoms with Crippen molar-refractivity contribution in [1.82, 2.24) is 14.8 Å². The lowest BCUT2D eigenvalue weighted by Crippen LogP contribution is -1.93. The van der Waals surface area contributed by atoms with Crippen LogP contribution < -0.4 is 5.32 Å². The van der Waals surface area contributed by atoms with E-state index < -0.39 is 0 Å². The second kappa shape index (κ2) is 4.53. The molecule has 0 saturated heterocycles. The predicted octanol–water partition coefficient (Wildman–Crippen LogP) is 2.77. The molecule has 0 bridgehead atoms. The van der Waals surface area contributed by atoms with Gasteiger partial charge in [0.15, 0.2) is 0 Å². The van der Waals surface area contributed by atoms with Gasteiger partial charge in [-0.2, -0.15) is 5.10 Å². The van der Waals surface area contributed by atoms with Gasteiger partial charge in [0, 0.05) is 25.1 Å². The largest absolute Gasteiger partial charge is 0.353 e. The summed E-state index contributed by atoms with van der Waals surface area (Å²) < 4.78 is 1.80. The van der Waals surface area contributed by atoms with Crippen LogP contribution in [-0.4, -0.2) is 14.8 Å². The predicted molar refractivity (Wildman–Crippen MR) is 65.1 cm³/mol. The lowest BCUT2D eigenvalue weighted by Gasteiger charge is -2.04. The molecule has 0 unspecified atom stereocenters. The van der Waals surface area contributed by atoms with Crippen LogP contribution in [0.1, 0.15) is 12.6 Å². The van der Waals surface area contributed by atoms with Gasteiger partial charge in [-0.05, 0) is 18.6 Å². The molecule has 1 N–H and O–H groups in total. The summed E-state index contributed by atoms with van der Waals surface area (Å²) in [6.07, 6.45) is 4.52. The van der Waals surface area contributed by atoms with Crippen molar-refractivity contribution in [2.75, 3.05) is 5.32 Å². The lowest BCUT2D eigenvalue weighted by molar-refractivity contribution is 0.746. The molecule has 0 aliphatic heterocycles. The molecule has 0 atom stereocenters. The summed E-state index contributed by atoms with van der Waals surface area (Å²) in [6.45, 7) is 2.08. The van der Waals surface area contributed by atoms with Gasteiger partial charge >= 0.3 is 0 Å². The first-order chi connectivity index (χ1) is 7.69. The molecule has 2 aromatic heterocycles. The number of aromatic nitrogens is 3. The quantitative estimate of drug-likeness (QED) is 0.834. The van der Waals surface area contributed by atoms with Gasteiger partial charge in [0.25, 0.3) is 0 Å². The van der Waals surface area contributed by atoms with Gasteiger partial charge in [0.1, 0.15) is 5.15 Å². The summed E-state index contributed by atoms with van der Waals surface area (Å²) in [4.78, 5) is 3.93. The first-order valence-corrected chi connectivity index (χ1v) is 5.48. The van der Waals surface area contributed by atoms with E-state index in [9.17, 15) is 0 Å². The van der Waals surface area contributed by atoms with Crippen molar-refractivity contribution >= 4 is 23.0 Å². The molecule has 2 heterocycles. The third-order valence-corrected chi connectivity index (χ3v) is 2.45. The zero-order valence-electron chi connectivity index (χ0n) is 9.24. The molecule has 0 amide bonds. The Morgan fingerprint density at radius 1 is 1.50 bits per heavy atom. The number of nitrogens with one attached hydrogen (secondary N) is 1. The van der Waals surface area contributed by atoms with Crippen LogP contribution in [0.15, 0.2) is 24.5 Å². The molecule has 2 aromatic rings. The first kappa shape index (κ1) is 11.0. The van der Waals surface area contributed by atoms with Crippen LogP contribution in [0, 0.1) is 0 Å². The highest BCUT2D eigenvalue weighted by Crippen LogP contribution is 2.21. The summed E-state index contributed by atoms with van der Waals surface area (Å²) in [5, 5.41) is 8.11. The van der Waals surface area contributed by atoms with Crippen LogP contribution in [0.4, 0.5) is 11.4 Å². The monoisotopic (exact) mass is 236 g/mol.